The number of para-hydroxylation sites is 1. The van der Waals surface area contributed by atoms with Gasteiger partial charge in [-0.1, -0.05) is 43.3 Å². The van der Waals surface area contributed by atoms with Crippen LogP contribution in [0.5, 0.6) is 0 Å². The summed E-state index contributed by atoms with van der Waals surface area (Å²) >= 11 is 0. The van der Waals surface area contributed by atoms with Crippen molar-refractivity contribution >= 4 is 21.6 Å². The van der Waals surface area contributed by atoms with Gasteiger partial charge in [-0.05, 0) is 43.0 Å². The molecule has 1 fully saturated rings. The molecule has 0 bridgehead atoms. The van der Waals surface area contributed by atoms with Gasteiger partial charge in [0.15, 0.2) is 0 Å². The Morgan fingerprint density at radius 3 is 2.52 bits per heavy atom. The zero-order chi connectivity index (χ0) is 17.9. The molecule has 3 rings (SSSR count). The van der Waals surface area contributed by atoms with Crippen molar-refractivity contribution in [2.45, 2.75) is 37.1 Å². The Morgan fingerprint density at radius 2 is 1.80 bits per heavy atom. The molecular formula is C19H22N2O3S. The van der Waals surface area contributed by atoms with E-state index in [1.807, 2.05) is 31.2 Å². The van der Waals surface area contributed by atoms with Crippen molar-refractivity contribution in [2.24, 2.45) is 0 Å². The molecule has 25 heavy (non-hydrogen) atoms. The molecule has 1 aliphatic rings. The number of carbonyl (C=O) groups excluding carboxylic acids is 1. The van der Waals surface area contributed by atoms with Crippen molar-refractivity contribution in [2.75, 3.05) is 11.9 Å². The Kier molecular flexibility index (Phi) is 5.20. The molecule has 1 atom stereocenters. The molecule has 1 heterocycles. The number of hydrogen-bond donors (Lipinski definition) is 1. The monoisotopic (exact) mass is 358 g/mol. The maximum absolute atomic E-state index is 12.9. The fourth-order valence-corrected chi connectivity index (χ4v) is 4.86. The molecule has 1 amide bonds. The first kappa shape index (κ1) is 17.6. The summed E-state index contributed by atoms with van der Waals surface area (Å²) in [5.41, 5.74) is 1.78. The van der Waals surface area contributed by atoms with E-state index in [1.54, 1.807) is 30.3 Å². The van der Waals surface area contributed by atoms with E-state index >= 15 is 0 Å². The van der Waals surface area contributed by atoms with Crippen LogP contribution < -0.4 is 5.32 Å². The third-order valence-corrected chi connectivity index (χ3v) is 6.43. The smallest absolute Gasteiger partial charge is 0.243 e. The molecule has 1 aliphatic heterocycles. The number of nitrogens with one attached hydrogen (secondary N) is 1. The molecule has 0 aromatic heterocycles. The maximum Gasteiger partial charge on any atom is 0.243 e. The van der Waals surface area contributed by atoms with E-state index in [2.05, 4.69) is 5.32 Å². The summed E-state index contributed by atoms with van der Waals surface area (Å²) < 4.78 is 27.1. The molecule has 2 aromatic carbocycles. The van der Waals surface area contributed by atoms with Crippen LogP contribution in [0, 0.1) is 0 Å². The fraction of sp³-hybridized carbons (Fsp3) is 0.316. The zero-order valence-electron chi connectivity index (χ0n) is 14.2. The highest BCUT2D eigenvalue weighted by molar-refractivity contribution is 7.89. The minimum Gasteiger partial charge on any atom is -0.324 e. The number of carbonyl (C=O) groups is 1. The lowest BCUT2D eigenvalue weighted by Crippen LogP contribution is -2.43. The Hall–Kier alpha value is -2.18. The van der Waals surface area contributed by atoms with Crippen molar-refractivity contribution in [1.29, 1.82) is 0 Å². The normalized spacial score (nSPS) is 18.2. The van der Waals surface area contributed by atoms with Gasteiger partial charge in [-0.2, -0.15) is 4.31 Å². The van der Waals surface area contributed by atoms with Crippen LogP contribution in [-0.2, 0) is 21.2 Å². The molecule has 1 unspecified atom stereocenters. The van der Waals surface area contributed by atoms with Crippen LogP contribution in [0.1, 0.15) is 25.3 Å². The van der Waals surface area contributed by atoms with Crippen LogP contribution in [0.25, 0.3) is 0 Å². The molecule has 0 radical (unpaired) electrons. The van der Waals surface area contributed by atoms with E-state index in [0.717, 1.165) is 17.7 Å². The van der Waals surface area contributed by atoms with Gasteiger partial charge in [0.1, 0.15) is 6.04 Å². The lowest BCUT2D eigenvalue weighted by Gasteiger charge is -2.24. The topological polar surface area (TPSA) is 66.5 Å². The molecule has 5 nitrogen and oxygen atoms in total. The summed E-state index contributed by atoms with van der Waals surface area (Å²) in [7, 11) is -3.67. The lowest BCUT2D eigenvalue weighted by molar-refractivity contribution is -0.119. The number of sulfonamides is 1. The second-order valence-electron chi connectivity index (χ2n) is 6.09. The number of amides is 1. The third kappa shape index (κ3) is 3.60. The number of nitrogens with zero attached hydrogens (tertiary/aromatic N) is 1. The highest BCUT2D eigenvalue weighted by atomic mass is 32.2. The van der Waals surface area contributed by atoms with Gasteiger partial charge in [0, 0.05) is 12.2 Å². The molecule has 0 aliphatic carbocycles. The highest BCUT2D eigenvalue weighted by Gasteiger charge is 2.39. The second-order valence-corrected chi connectivity index (χ2v) is 7.98. The first-order valence-corrected chi connectivity index (χ1v) is 9.93. The summed E-state index contributed by atoms with van der Waals surface area (Å²) in [6.07, 6.45) is 2.01. The van der Waals surface area contributed by atoms with E-state index in [0.29, 0.717) is 19.4 Å². The molecule has 0 saturated carbocycles. The van der Waals surface area contributed by atoms with Crippen molar-refractivity contribution in [3.63, 3.8) is 0 Å². The van der Waals surface area contributed by atoms with Crippen LogP contribution >= 0.6 is 0 Å². The maximum atomic E-state index is 12.9. The summed E-state index contributed by atoms with van der Waals surface area (Å²) in [4.78, 5) is 13.0. The number of benzene rings is 2. The van der Waals surface area contributed by atoms with E-state index in [4.69, 9.17) is 0 Å². The van der Waals surface area contributed by atoms with Crippen LogP contribution in [0.15, 0.2) is 59.5 Å². The summed E-state index contributed by atoms with van der Waals surface area (Å²) in [5, 5.41) is 2.91. The zero-order valence-corrected chi connectivity index (χ0v) is 15.0. The first-order chi connectivity index (χ1) is 12.0. The lowest BCUT2D eigenvalue weighted by atomic mass is 10.1. The van der Waals surface area contributed by atoms with Gasteiger partial charge in [-0.25, -0.2) is 8.42 Å². The van der Waals surface area contributed by atoms with Gasteiger partial charge >= 0.3 is 0 Å². The summed E-state index contributed by atoms with van der Waals surface area (Å²) in [5.74, 6) is -0.266. The van der Waals surface area contributed by atoms with Gasteiger partial charge < -0.3 is 5.32 Å². The van der Waals surface area contributed by atoms with Crippen molar-refractivity contribution < 1.29 is 13.2 Å². The standard InChI is InChI=1S/C19H22N2O3S/c1-2-15-9-6-7-12-17(15)20-19(22)18-13-8-14-21(18)25(23,24)16-10-4-3-5-11-16/h3-7,9-12,18H,2,8,13-14H2,1H3,(H,20,22). The summed E-state index contributed by atoms with van der Waals surface area (Å²) in [6, 6.07) is 15.2. The Bertz CT molecular complexity index is 850. The van der Waals surface area contributed by atoms with Crippen molar-refractivity contribution in [3.05, 3.63) is 60.2 Å². The van der Waals surface area contributed by atoms with Crippen LogP contribution in [0.4, 0.5) is 5.69 Å². The third-order valence-electron chi connectivity index (χ3n) is 4.51. The predicted molar refractivity (Wildman–Crippen MR) is 97.8 cm³/mol. The Labute approximate surface area is 148 Å². The molecule has 6 heteroatoms. The molecule has 132 valence electrons. The van der Waals surface area contributed by atoms with E-state index in [-0.39, 0.29) is 10.8 Å². The van der Waals surface area contributed by atoms with Crippen molar-refractivity contribution in [1.82, 2.24) is 4.31 Å². The van der Waals surface area contributed by atoms with Crippen molar-refractivity contribution in [3.8, 4) is 0 Å². The van der Waals surface area contributed by atoms with Gasteiger partial charge in [-0.3, -0.25) is 4.79 Å². The number of aryl methyl sites for hydroxylation is 1. The molecule has 1 saturated heterocycles. The number of anilines is 1. The van der Waals surface area contributed by atoms with Gasteiger partial charge in [0.2, 0.25) is 15.9 Å². The second kappa shape index (κ2) is 7.37. The largest absolute Gasteiger partial charge is 0.324 e. The Morgan fingerprint density at radius 1 is 1.12 bits per heavy atom. The Balaban J connectivity index is 1.83. The highest BCUT2D eigenvalue weighted by Crippen LogP contribution is 2.27. The minimum atomic E-state index is -3.67. The van der Waals surface area contributed by atoms with Crippen LogP contribution in [-0.4, -0.2) is 31.2 Å². The SMILES string of the molecule is CCc1ccccc1NC(=O)C1CCCN1S(=O)(=O)c1ccccc1. The molecular weight excluding hydrogens is 336 g/mol. The predicted octanol–water partition coefficient (Wildman–Crippen LogP) is 3.04. The average Bonchev–Trinajstić information content (AvgIpc) is 3.14. The molecule has 0 spiro atoms. The van der Waals surface area contributed by atoms with Crippen LogP contribution in [0.3, 0.4) is 0 Å². The number of hydrogen-bond acceptors (Lipinski definition) is 3. The first-order valence-electron chi connectivity index (χ1n) is 8.49. The summed E-state index contributed by atoms with van der Waals surface area (Å²) in [6.45, 7) is 2.39. The van der Waals surface area contributed by atoms with Gasteiger partial charge in [-0.15, -0.1) is 0 Å². The molecule has 1 N–H and O–H groups in total. The van der Waals surface area contributed by atoms with Crippen LogP contribution in [0.2, 0.25) is 0 Å². The number of rotatable bonds is 5. The fourth-order valence-electron chi connectivity index (χ4n) is 3.18. The van der Waals surface area contributed by atoms with E-state index < -0.39 is 16.1 Å². The van der Waals surface area contributed by atoms with Gasteiger partial charge in [0.05, 0.1) is 4.90 Å². The minimum absolute atomic E-state index is 0.226. The van der Waals surface area contributed by atoms with E-state index in [1.165, 1.54) is 4.31 Å². The average molecular weight is 358 g/mol. The van der Waals surface area contributed by atoms with Gasteiger partial charge in [0.25, 0.3) is 0 Å². The van der Waals surface area contributed by atoms with E-state index in [9.17, 15) is 13.2 Å². The molecule has 2 aromatic rings. The quantitative estimate of drug-likeness (QED) is 0.893.